The monoisotopic (exact) mass is 729 g/mol. The van der Waals surface area contributed by atoms with Crippen LogP contribution >= 0.6 is 0 Å². The lowest BCUT2D eigenvalue weighted by molar-refractivity contribution is -0.137. The molecule has 5 aromatic rings. The van der Waals surface area contributed by atoms with Crippen LogP contribution in [0.3, 0.4) is 0 Å². The molecule has 0 bridgehead atoms. The molecule has 54 heavy (non-hydrogen) atoms. The number of alkyl carbamates (subject to hydrolysis) is 1. The summed E-state index contributed by atoms with van der Waals surface area (Å²) in [6, 6.07) is 26.1. The van der Waals surface area contributed by atoms with Gasteiger partial charge < -0.3 is 34.6 Å². The summed E-state index contributed by atoms with van der Waals surface area (Å²) in [5.74, 6) is 0.504. The SMILES string of the molecule is COC(=O)N[C@H](C(=O)N1CCC[C@H]1c1ncc(-c2ccc([C@@H]3CC[C@@H](c4ccc(-c5cnc[nH]5)cc4)N3c3ccc(C(C)(C)C)cc3)cc2)[nH]1)[C@H](C)OC. The minimum atomic E-state index is -0.877. The number of amides is 2. The molecule has 3 N–H and O–H groups in total. The highest BCUT2D eigenvalue weighted by Crippen LogP contribution is 2.47. The zero-order valence-corrected chi connectivity index (χ0v) is 32.0. The van der Waals surface area contributed by atoms with E-state index < -0.39 is 18.2 Å². The van der Waals surface area contributed by atoms with Gasteiger partial charge >= 0.3 is 6.09 Å². The number of hydrogen-bond acceptors (Lipinski definition) is 7. The number of carbonyl (C=O) groups excluding carboxylic acids is 2. The number of likely N-dealkylation sites (tertiary alicyclic amines) is 1. The number of imidazole rings is 2. The van der Waals surface area contributed by atoms with Crippen molar-refractivity contribution < 1.29 is 19.1 Å². The van der Waals surface area contributed by atoms with Gasteiger partial charge in [0, 0.05) is 19.3 Å². The topological polar surface area (TPSA) is 128 Å². The second-order valence-corrected chi connectivity index (χ2v) is 15.4. The van der Waals surface area contributed by atoms with E-state index in [1.54, 1.807) is 18.2 Å². The number of ether oxygens (including phenoxy) is 2. The molecule has 0 saturated carbocycles. The Labute approximate surface area is 317 Å². The summed E-state index contributed by atoms with van der Waals surface area (Å²) in [4.78, 5) is 45.8. The van der Waals surface area contributed by atoms with E-state index >= 15 is 0 Å². The Hall–Kier alpha value is -5.42. The van der Waals surface area contributed by atoms with Crippen LogP contribution in [-0.4, -0.2) is 69.7 Å². The Bertz CT molecular complexity index is 2020. The smallest absolute Gasteiger partial charge is 0.407 e. The third-order valence-corrected chi connectivity index (χ3v) is 11.1. The molecular weight excluding hydrogens is 679 g/mol. The predicted octanol–water partition coefficient (Wildman–Crippen LogP) is 8.27. The fourth-order valence-corrected chi connectivity index (χ4v) is 7.99. The second-order valence-electron chi connectivity index (χ2n) is 15.4. The van der Waals surface area contributed by atoms with Gasteiger partial charge in [-0.05, 0) is 78.0 Å². The van der Waals surface area contributed by atoms with Crippen LogP contribution in [-0.2, 0) is 19.7 Å². The summed E-state index contributed by atoms with van der Waals surface area (Å²) >= 11 is 0. The van der Waals surface area contributed by atoms with Crippen molar-refractivity contribution in [3.63, 3.8) is 0 Å². The van der Waals surface area contributed by atoms with E-state index in [4.69, 9.17) is 14.5 Å². The van der Waals surface area contributed by atoms with Gasteiger partial charge in [0.05, 0.1) is 61.4 Å². The van der Waals surface area contributed by atoms with Gasteiger partial charge in [0.2, 0.25) is 5.91 Å². The number of aromatic amines is 2. The number of aromatic nitrogens is 4. The molecule has 2 amide bonds. The van der Waals surface area contributed by atoms with E-state index in [9.17, 15) is 9.59 Å². The first kappa shape index (κ1) is 36.9. The molecule has 0 aliphatic carbocycles. The summed E-state index contributed by atoms with van der Waals surface area (Å²) < 4.78 is 10.2. The third-order valence-electron chi connectivity index (χ3n) is 11.1. The lowest BCUT2D eigenvalue weighted by Crippen LogP contribution is -2.54. The molecule has 2 aromatic heterocycles. The number of hydrogen-bond donors (Lipinski definition) is 3. The average Bonchev–Trinajstić information content (AvgIpc) is 4.03. The van der Waals surface area contributed by atoms with Crippen molar-refractivity contribution >= 4 is 17.7 Å². The molecule has 4 heterocycles. The number of nitrogens with zero attached hydrogens (tertiary/aromatic N) is 4. The van der Waals surface area contributed by atoms with E-state index in [0.29, 0.717) is 6.54 Å². The highest BCUT2D eigenvalue weighted by molar-refractivity contribution is 5.86. The van der Waals surface area contributed by atoms with Gasteiger partial charge in [0.1, 0.15) is 11.9 Å². The van der Waals surface area contributed by atoms with Gasteiger partial charge in [0.25, 0.3) is 0 Å². The molecule has 2 aliphatic rings. The molecule has 7 rings (SSSR count). The number of H-pyrrole nitrogens is 2. The molecule has 2 saturated heterocycles. The van der Waals surface area contributed by atoms with Crippen molar-refractivity contribution in [1.82, 2.24) is 30.2 Å². The number of rotatable bonds is 10. The maximum Gasteiger partial charge on any atom is 0.407 e. The van der Waals surface area contributed by atoms with Crippen LogP contribution in [0.4, 0.5) is 10.5 Å². The molecule has 5 atom stereocenters. The zero-order valence-electron chi connectivity index (χ0n) is 32.0. The molecule has 0 unspecified atom stereocenters. The Morgan fingerprint density at radius 1 is 0.833 bits per heavy atom. The molecule has 0 spiro atoms. The van der Waals surface area contributed by atoms with Gasteiger partial charge in [-0.25, -0.2) is 14.8 Å². The molecule has 2 fully saturated rings. The molecule has 0 radical (unpaired) electrons. The minimum Gasteiger partial charge on any atom is -0.453 e. The van der Waals surface area contributed by atoms with Crippen molar-refractivity contribution in [2.24, 2.45) is 0 Å². The summed E-state index contributed by atoms with van der Waals surface area (Å²) in [5.41, 5.74) is 9.22. The Kier molecular flexibility index (Phi) is 10.6. The summed E-state index contributed by atoms with van der Waals surface area (Å²) in [6.07, 6.45) is 7.87. The van der Waals surface area contributed by atoms with E-state index in [-0.39, 0.29) is 29.4 Å². The minimum absolute atomic E-state index is 0.0749. The number of carbonyl (C=O) groups is 2. The summed E-state index contributed by atoms with van der Waals surface area (Å²) in [5, 5.41) is 2.65. The Morgan fingerprint density at radius 3 is 2.02 bits per heavy atom. The van der Waals surface area contributed by atoms with Gasteiger partial charge in [0.15, 0.2) is 0 Å². The third kappa shape index (κ3) is 7.50. The average molecular weight is 730 g/mol. The highest BCUT2D eigenvalue weighted by Gasteiger charge is 2.39. The normalized spacial score (nSPS) is 19.9. The van der Waals surface area contributed by atoms with Crippen LogP contribution in [0.25, 0.3) is 22.5 Å². The van der Waals surface area contributed by atoms with E-state index in [1.807, 2.05) is 12.4 Å². The van der Waals surface area contributed by atoms with Crippen molar-refractivity contribution in [2.45, 2.75) is 89.1 Å². The number of anilines is 1. The van der Waals surface area contributed by atoms with E-state index in [0.717, 1.165) is 54.0 Å². The first-order chi connectivity index (χ1) is 26.0. The quantitative estimate of drug-likeness (QED) is 0.132. The van der Waals surface area contributed by atoms with Crippen LogP contribution in [0.2, 0.25) is 0 Å². The van der Waals surface area contributed by atoms with Gasteiger partial charge in [-0.15, -0.1) is 0 Å². The number of methoxy groups -OCH3 is 2. The fraction of sp³-hybridized carbons (Fsp3) is 0.395. The van der Waals surface area contributed by atoms with Crippen molar-refractivity contribution in [3.8, 4) is 22.5 Å². The van der Waals surface area contributed by atoms with Crippen LogP contribution in [0.1, 0.15) is 94.0 Å². The van der Waals surface area contributed by atoms with Gasteiger partial charge in [-0.2, -0.15) is 0 Å². The lowest BCUT2D eigenvalue weighted by atomic mass is 9.87. The first-order valence-electron chi connectivity index (χ1n) is 18.9. The van der Waals surface area contributed by atoms with Crippen LogP contribution < -0.4 is 10.2 Å². The van der Waals surface area contributed by atoms with Crippen LogP contribution in [0, 0.1) is 0 Å². The standard InChI is InChI=1S/C43H51N7O4/c1-27(53-5)39(48-42(52)54-6)41(51)49-23-7-8-38(49)40-45-25-35(47-40)29-11-15-31(16-12-29)37-22-21-36(30-13-9-28(10-14-30)34-24-44-26-46-34)50(37)33-19-17-32(18-20-33)43(2,3)4/h9-20,24-27,36-39H,7-8,21-23H2,1-6H3,(H,44,46)(H,45,47)(H,48,52)/t27-,36-,37-,38-,39-/m0/s1. The molecular formula is C43H51N7O4. The maximum atomic E-state index is 13.7. The van der Waals surface area contributed by atoms with Gasteiger partial charge in [-0.1, -0.05) is 81.4 Å². The summed E-state index contributed by atoms with van der Waals surface area (Å²) in [7, 11) is 2.80. The predicted molar refractivity (Wildman–Crippen MR) is 210 cm³/mol. The number of benzene rings is 3. The largest absolute Gasteiger partial charge is 0.453 e. The fourth-order valence-electron chi connectivity index (χ4n) is 7.99. The highest BCUT2D eigenvalue weighted by atomic mass is 16.5. The van der Waals surface area contributed by atoms with Crippen LogP contribution in [0.5, 0.6) is 0 Å². The van der Waals surface area contributed by atoms with Crippen molar-refractivity contribution in [2.75, 3.05) is 25.7 Å². The molecule has 282 valence electrons. The van der Waals surface area contributed by atoms with Crippen molar-refractivity contribution in [3.05, 3.63) is 114 Å². The van der Waals surface area contributed by atoms with Crippen molar-refractivity contribution in [1.29, 1.82) is 0 Å². The van der Waals surface area contributed by atoms with Crippen LogP contribution in [0.15, 0.2) is 91.5 Å². The lowest BCUT2D eigenvalue weighted by Gasteiger charge is -2.34. The number of nitrogens with one attached hydrogen (secondary N) is 3. The zero-order chi connectivity index (χ0) is 38.0. The van der Waals surface area contributed by atoms with Gasteiger partial charge in [-0.3, -0.25) is 4.79 Å². The molecule has 11 nitrogen and oxygen atoms in total. The molecule has 2 aliphatic heterocycles. The van der Waals surface area contributed by atoms with E-state index in [2.05, 4.69) is 119 Å². The molecule has 11 heteroatoms. The Balaban J connectivity index is 1.12. The van der Waals surface area contributed by atoms with E-state index in [1.165, 1.54) is 36.6 Å². The second kappa shape index (κ2) is 15.5. The molecule has 3 aromatic carbocycles. The summed E-state index contributed by atoms with van der Waals surface area (Å²) in [6.45, 7) is 9.08. The first-order valence-corrected chi connectivity index (χ1v) is 18.9. The maximum absolute atomic E-state index is 13.7. The Morgan fingerprint density at radius 2 is 1.46 bits per heavy atom.